The van der Waals surface area contributed by atoms with E-state index in [1.807, 2.05) is 43.0 Å². The number of nitrogens with one attached hydrogen (secondary N) is 2. The third-order valence-electron chi connectivity index (χ3n) is 6.14. The van der Waals surface area contributed by atoms with E-state index in [0.717, 1.165) is 18.1 Å². The number of hydrogen-bond donors (Lipinski definition) is 2. The van der Waals surface area contributed by atoms with Gasteiger partial charge in [-0.05, 0) is 44.4 Å². The molecular weight excluding hydrogens is 531 g/mol. The van der Waals surface area contributed by atoms with E-state index in [1.165, 1.54) is 38.5 Å². The van der Waals surface area contributed by atoms with Gasteiger partial charge in [0.2, 0.25) is 0 Å². The molecule has 0 spiro atoms. The standard InChI is InChI=1S/C25H40N4O3.HI/c1-19-17-29(18-20(2)32-19)24(30)22-12-10-21(11-13-22)16-28-25(26-3)27-14-15-31-23-8-6-4-5-7-9-23;/h10-13,19-20,23H,4-9,14-18H2,1-3H3,(H2,26,27,28);1H. The molecule has 0 bridgehead atoms. The van der Waals surface area contributed by atoms with Crippen LogP contribution in [0.3, 0.4) is 0 Å². The van der Waals surface area contributed by atoms with Crippen LogP contribution in [0.4, 0.5) is 0 Å². The van der Waals surface area contributed by atoms with Crippen LogP contribution in [-0.4, -0.2) is 68.4 Å². The van der Waals surface area contributed by atoms with Gasteiger partial charge in [-0.2, -0.15) is 0 Å². The first kappa shape index (κ1) is 27.9. The molecule has 2 atom stereocenters. The zero-order valence-electron chi connectivity index (χ0n) is 20.3. The summed E-state index contributed by atoms with van der Waals surface area (Å²) in [4.78, 5) is 19.0. The summed E-state index contributed by atoms with van der Waals surface area (Å²) in [5.41, 5.74) is 1.82. The fourth-order valence-electron chi connectivity index (χ4n) is 4.50. The number of guanidine groups is 1. The second-order valence-corrected chi connectivity index (χ2v) is 9.00. The molecule has 8 heteroatoms. The number of benzene rings is 1. The Labute approximate surface area is 216 Å². The predicted molar refractivity (Wildman–Crippen MR) is 143 cm³/mol. The number of rotatable bonds is 7. The maximum absolute atomic E-state index is 12.8. The molecule has 1 aromatic rings. The normalized spacial score (nSPS) is 22.3. The van der Waals surface area contributed by atoms with Crippen LogP contribution >= 0.6 is 24.0 Å². The van der Waals surface area contributed by atoms with Crippen LogP contribution in [0, 0.1) is 0 Å². The summed E-state index contributed by atoms with van der Waals surface area (Å²) in [7, 11) is 1.77. The summed E-state index contributed by atoms with van der Waals surface area (Å²) in [5.74, 6) is 0.823. The largest absolute Gasteiger partial charge is 0.376 e. The molecule has 0 radical (unpaired) electrons. The zero-order valence-corrected chi connectivity index (χ0v) is 22.7. The lowest BCUT2D eigenvalue weighted by atomic mass is 10.1. The van der Waals surface area contributed by atoms with Gasteiger partial charge in [0.05, 0.1) is 24.9 Å². The van der Waals surface area contributed by atoms with Crippen molar-refractivity contribution in [3.05, 3.63) is 35.4 Å². The van der Waals surface area contributed by atoms with Crippen LogP contribution < -0.4 is 10.6 Å². The average Bonchev–Trinajstić information content (AvgIpc) is 3.07. The van der Waals surface area contributed by atoms with Crippen molar-refractivity contribution < 1.29 is 14.3 Å². The first-order valence-corrected chi connectivity index (χ1v) is 12.1. The van der Waals surface area contributed by atoms with E-state index < -0.39 is 0 Å². The molecule has 0 aromatic heterocycles. The Morgan fingerprint density at radius 1 is 1.06 bits per heavy atom. The van der Waals surface area contributed by atoms with Gasteiger partial charge in [0, 0.05) is 38.8 Å². The summed E-state index contributed by atoms with van der Waals surface area (Å²) in [6.45, 7) is 7.37. The Balaban J connectivity index is 0.00000385. The average molecular weight is 573 g/mol. The fourth-order valence-corrected chi connectivity index (χ4v) is 4.50. The van der Waals surface area contributed by atoms with Crippen molar-refractivity contribution in [2.75, 3.05) is 33.3 Å². The highest BCUT2D eigenvalue weighted by molar-refractivity contribution is 14.0. The summed E-state index contributed by atoms with van der Waals surface area (Å²) in [5, 5.41) is 6.65. The van der Waals surface area contributed by atoms with Crippen molar-refractivity contribution in [1.29, 1.82) is 0 Å². The van der Waals surface area contributed by atoms with Crippen LogP contribution in [0.15, 0.2) is 29.3 Å². The molecule has 186 valence electrons. The number of hydrogen-bond acceptors (Lipinski definition) is 4. The van der Waals surface area contributed by atoms with Crippen molar-refractivity contribution in [2.24, 2.45) is 4.99 Å². The van der Waals surface area contributed by atoms with Gasteiger partial charge in [0.1, 0.15) is 0 Å². The number of nitrogens with zero attached hydrogens (tertiary/aromatic N) is 2. The predicted octanol–water partition coefficient (Wildman–Crippen LogP) is 3.96. The van der Waals surface area contributed by atoms with Gasteiger partial charge in [-0.1, -0.05) is 37.8 Å². The molecule has 2 N–H and O–H groups in total. The monoisotopic (exact) mass is 572 g/mol. The maximum atomic E-state index is 12.8. The number of carbonyl (C=O) groups excluding carboxylic acids is 1. The number of carbonyl (C=O) groups is 1. The van der Waals surface area contributed by atoms with Crippen LogP contribution in [0.5, 0.6) is 0 Å². The molecular formula is C25H41IN4O3. The SMILES string of the molecule is CN=C(NCCOC1CCCCCC1)NCc1ccc(C(=O)N2CC(C)OC(C)C2)cc1.I. The van der Waals surface area contributed by atoms with E-state index in [1.54, 1.807) is 7.05 Å². The van der Waals surface area contributed by atoms with E-state index in [2.05, 4.69) is 15.6 Å². The summed E-state index contributed by atoms with van der Waals surface area (Å²) in [6.07, 6.45) is 8.20. The van der Waals surface area contributed by atoms with Gasteiger partial charge in [0.15, 0.2) is 5.96 Å². The topological polar surface area (TPSA) is 75.2 Å². The van der Waals surface area contributed by atoms with Gasteiger partial charge >= 0.3 is 0 Å². The second-order valence-electron chi connectivity index (χ2n) is 9.00. The highest BCUT2D eigenvalue weighted by Gasteiger charge is 2.26. The molecule has 2 aliphatic rings. The Hall–Kier alpha value is -1.39. The molecule has 1 heterocycles. The Morgan fingerprint density at radius 2 is 1.70 bits per heavy atom. The van der Waals surface area contributed by atoms with E-state index >= 15 is 0 Å². The Bertz CT molecular complexity index is 726. The number of aliphatic imine (C=N–C) groups is 1. The Kier molecular flexibility index (Phi) is 12.5. The smallest absolute Gasteiger partial charge is 0.254 e. The third kappa shape index (κ3) is 9.41. The molecule has 1 aromatic carbocycles. The Morgan fingerprint density at radius 3 is 2.30 bits per heavy atom. The lowest BCUT2D eigenvalue weighted by Crippen LogP contribution is -2.48. The van der Waals surface area contributed by atoms with Crippen molar-refractivity contribution in [3.63, 3.8) is 0 Å². The van der Waals surface area contributed by atoms with Gasteiger partial charge in [-0.3, -0.25) is 9.79 Å². The molecule has 1 saturated heterocycles. The minimum atomic E-state index is 0. The highest BCUT2D eigenvalue weighted by Crippen LogP contribution is 2.19. The van der Waals surface area contributed by atoms with E-state index in [4.69, 9.17) is 9.47 Å². The molecule has 3 rings (SSSR count). The van der Waals surface area contributed by atoms with E-state index in [-0.39, 0.29) is 42.1 Å². The molecule has 33 heavy (non-hydrogen) atoms. The first-order valence-electron chi connectivity index (χ1n) is 12.1. The number of amides is 1. The van der Waals surface area contributed by atoms with Gasteiger partial charge < -0.3 is 25.0 Å². The molecule has 2 unspecified atom stereocenters. The maximum Gasteiger partial charge on any atom is 0.254 e. The molecule has 1 saturated carbocycles. The quantitative estimate of drug-likeness (QED) is 0.170. The molecule has 1 aliphatic heterocycles. The highest BCUT2D eigenvalue weighted by atomic mass is 127. The van der Waals surface area contributed by atoms with Gasteiger partial charge in [0.25, 0.3) is 5.91 Å². The van der Waals surface area contributed by atoms with Gasteiger partial charge in [-0.25, -0.2) is 0 Å². The van der Waals surface area contributed by atoms with Crippen molar-refractivity contribution in [1.82, 2.24) is 15.5 Å². The molecule has 7 nitrogen and oxygen atoms in total. The first-order chi connectivity index (χ1) is 15.5. The fraction of sp³-hybridized carbons (Fsp3) is 0.680. The molecule has 1 amide bonds. The van der Waals surface area contributed by atoms with E-state index in [9.17, 15) is 4.79 Å². The minimum Gasteiger partial charge on any atom is -0.376 e. The minimum absolute atomic E-state index is 0. The number of halogens is 1. The van der Waals surface area contributed by atoms with E-state index in [0.29, 0.717) is 37.9 Å². The van der Waals surface area contributed by atoms with Crippen LogP contribution in [0.25, 0.3) is 0 Å². The summed E-state index contributed by atoms with van der Waals surface area (Å²) in [6, 6.07) is 7.80. The van der Waals surface area contributed by atoms with Crippen molar-refractivity contribution in [3.8, 4) is 0 Å². The summed E-state index contributed by atoms with van der Waals surface area (Å²) >= 11 is 0. The zero-order chi connectivity index (χ0) is 22.8. The number of morpholine rings is 1. The molecule has 2 fully saturated rings. The van der Waals surface area contributed by atoms with Gasteiger partial charge in [-0.15, -0.1) is 24.0 Å². The second kappa shape index (κ2) is 14.8. The van der Waals surface area contributed by atoms with Crippen LogP contribution in [0.1, 0.15) is 68.3 Å². The van der Waals surface area contributed by atoms with Crippen LogP contribution in [-0.2, 0) is 16.0 Å². The number of ether oxygens (including phenoxy) is 2. The molecule has 1 aliphatic carbocycles. The third-order valence-corrected chi connectivity index (χ3v) is 6.14. The summed E-state index contributed by atoms with van der Waals surface area (Å²) < 4.78 is 11.8. The van der Waals surface area contributed by atoms with Crippen LogP contribution in [0.2, 0.25) is 0 Å². The van der Waals surface area contributed by atoms with Crippen molar-refractivity contribution in [2.45, 2.75) is 77.2 Å². The van der Waals surface area contributed by atoms with Crippen molar-refractivity contribution >= 4 is 35.8 Å². The lowest BCUT2D eigenvalue weighted by Gasteiger charge is -2.35. The lowest BCUT2D eigenvalue weighted by molar-refractivity contribution is -0.0586.